The molecule has 6 nitrogen and oxygen atoms in total. The Bertz CT molecular complexity index is 1390. The average Bonchev–Trinajstić information content (AvgIpc) is 3.58. The van der Waals surface area contributed by atoms with Crippen molar-refractivity contribution in [3.8, 4) is 26.9 Å². The molecule has 0 saturated heterocycles. The van der Waals surface area contributed by atoms with E-state index in [9.17, 15) is 0 Å². The molecule has 0 spiro atoms. The van der Waals surface area contributed by atoms with Crippen LogP contribution in [-0.2, 0) is 13.0 Å². The zero-order valence-electron chi connectivity index (χ0n) is 17.7. The largest absolute Gasteiger partial charge is 0.410 e. The van der Waals surface area contributed by atoms with Crippen LogP contribution >= 0.6 is 34.4 Å². The maximum Gasteiger partial charge on any atom is 0.276 e. The molecule has 0 aromatic carbocycles. The van der Waals surface area contributed by atoms with Crippen molar-refractivity contribution in [1.29, 1.82) is 0 Å². The molecule has 0 radical (unpaired) electrons. The van der Waals surface area contributed by atoms with Gasteiger partial charge in [0.1, 0.15) is 9.71 Å². The van der Waals surface area contributed by atoms with Gasteiger partial charge in [-0.3, -0.25) is 0 Å². The molecule has 1 aliphatic heterocycles. The van der Waals surface area contributed by atoms with Gasteiger partial charge in [0.2, 0.25) is 0 Å². The smallest absolute Gasteiger partial charge is 0.276 e. The van der Waals surface area contributed by atoms with Crippen LogP contribution < -0.4 is 0 Å². The van der Waals surface area contributed by atoms with E-state index in [-0.39, 0.29) is 0 Å². The van der Waals surface area contributed by atoms with Crippen molar-refractivity contribution in [3.63, 3.8) is 0 Å². The van der Waals surface area contributed by atoms with Gasteiger partial charge in [-0.2, -0.15) is 0 Å². The second kappa shape index (κ2) is 8.15. The maximum absolute atomic E-state index is 6.06. The minimum Gasteiger partial charge on any atom is -0.410 e. The number of fused-ring (bicyclic) bond motifs is 2. The first-order valence-corrected chi connectivity index (χ1v) is 13.2. The fourth-order valence-electron chi connectivity index (χ4n) is 4.27. The van der Waals surface area contributed by atoms with Gasteiger partial charge in [-0.05, 0) is 41.9 Å². The molecule has 5 aromatic heterocycles. The summed E-state index contributed by atoms with van der Waals surface area (Å²) in [5.74, 6) is 1.45. The third kappa shape index (κ3) is 3.31. The standard InChI is InChI=1S/C23H21N5OS3/c1-3-30-23-26-25-21(29-23)20-19(28-9-4-5-10-28)18-17(16-7-6-12-31-16)14-13-27(2)11-8-15(14)24-22(18)32-20/h4-7,9-10,12H,3,8,11,13H2,1-2H3. The number of nitrogens with zero attached hydrogens (tertiary/aromatic N) is 5. The lowest BCUT2D eigenvalue weighted by Gasteiger charge is -2.26. The number of pyridine rings is 1. The van der Waals surface area contributed by atoms with Crippen molar-refractivity contribution in [3.05, 3.63) is 53.3 Å². The van der Waals surface area contributed by atoms with Crippen LogP contribution in [0.3, 0.4) is 0 Å². The fourth-order valence-corrected chi connectivity index (χ4v) is 6.69. The molecule has 1 aliphatic rings. The van der Waals surface area contributed by atoms with E-state index in [1.54, 1.807) is 34.4 Å². The summed E-state index contributed by atoms with van der Waals surface area (Å²) in [6.07, 6.45) is 5.11. The lowest BCUT2D eigenvalue weighted by molar-refractivity contribution is 0.311. The molecule has 5 aromatic rings. The van der Waals surface area contributed by atoms with E-state index in [0.717, 1.165) is 40.7 Å². The third-order valence-corrected chi connectivity index (χ3v) is 8.31. The van der Waals surface area contributed by atoms with Crippen molar-refractivity contribution >= 4 is 44.7 Å². The predicted molar refractivity (Wildman–Crippen MR) is 132 cm³/mol. The Balaban J connectivity index is 1.70. The molecular formula is C23H21N5OS3. The Morgan fingerprint density at radius 2 is 2.06 bits per heavy atom. The van der Waals surface area contributed by atoms with Gasteiger partial charge in [0.15, 0.2) is 0 Å². The number of rotatable bonds is 5. The second-order valence-corrected chi connectivity index (χ2v) is 10.9. The Kier molecular flexibility index (Phi) is 5.14. The average molecular weight is 480 g/mol. The van der Waals surface area contributed by atoms with E-state index in [2.05, 4.69) is 63.5 Å². The molecule has 32 heavy (non-hydrogen) atoms. The van der Waals surface area contributed by atoms with Crippen molar-refractivity contribution in [2.24, 2.45) is 0 Å². The summed E-state index contributed by atoms with van der Waals surface area (Å²) in [5.41, 5.74) is 4.90. The van der Waals surface area contributed by atoms with Gasteiger partial charge in [-0.15, -0.1) is 32.9 Å². The Morgan fingerprint density at radius 3 is 2.84 bits per heavy atom. The van der Waals surface area contributed by atoms with Gasteiger partial charge in [-0.25, -0.2) is 4.98 Å². The summed E-state index contributed by atoms with van der Waals surface area (Å²) in [4.78, 5) is 10.8. The van der Waals surface area contributed by atoms with Gasteiger partial charge in [0.25, 0.3) is 11.1 Å². The number of aromatic nitrogens is 4. The molecule has 0 unspecified atom stereocenters. The van der Waals surface area contributed by atoms with Crippen LogP contribution in [0.25, 0.3) is 37.1 Å². The summed E-state index contributed by atoms with van der Waals surface area (Å²) < 4.78 is 8.21. The lowest BCUT2D eigenvalue weighted by atomic mass is 9.96. The highest BCUT2D eigenvalue weighted by atomic mass is 32.2. The molecule has 0 N–H and O–H groups in total. The number of hydrogen-bond donors (Lipinski definition) is 0. The van der Waals surface area contributed by atoms with Crippen molar-refractivity contribution in [2.75, 3.05) is 19.3 Å². The number of thioether (sulfide) groups is 1. The molecule has 9 heteroatoms. The molecule has 0 aliphatic carbocycles. The molecule has 0 atom stereocenters. The fraction of sp³-hybridized carbons (Fsp3) is 0.261. The van der Waals surface area contributed by atoms with Crippen LogP contribution in [0.2, 0.25) is 0 Å². The van der Waals surface area contributed by atoms with Crippen molar-refractivity contribution < 1.29 is 4.42 Å². The molecule has 0 saturated carbocycles. The predicted octanol–water partition coefficient (Wildman–Crippen LogP) is 5.97. The van der Waals surface area contributed by atoms with E-state index < -0.39 is 0 Å². The number of hydrogen-bond acceptors (Lipinski definition) is 8. The molecule has 162 valence electrons. The molecule has 0 bridgehead atoms. The van der Waals surface area contributed by atoms with E-state index in [1.807, 2.05) is 12.1 Å². The molecule has 6 rings (SSSR count). The number of thiophene rings is 2. The van der Waals surface area contributed by atoms with E-state index in [4.69, 9.17) is 9.40 Å². The minimum absolute atomic E-state index is 0.555. The van der Waals surface area contributed by atoms with E-state index in [1.165, 1.54) is 27.1 Å². The van der Waals surface area contributed by atoms with Crippen LogP contribution in [-0.4, -0.2) is 44.0 Å². The Labute approximate surface area is 197 Å². The van der Waals surface area contributed by atoms with Crippen molar-refractivity contribution in [1.82, 2.24) is 24.6 Å². The normalized spacial score (nSPS) is 14.3. The first-order chi connectivity index (χ1) is 15.7. The van der Waals surface area contributed by atoms with Gasteiger partial charge < -0.3 is 13.9 Å². The topological polar surface area (TPSA) is 60.0 Å². The van der Waals surface area contributed by atoms with Crippen molar-refractivity contribution in [2.45, 2.75) is 25.1 Å². The highest BCUT2D eigenvalue weighted by Crippen LogP contribution is 2.47. The summed E-state index contributed by atoms with van der Waals surface area (Å²) in [5, 5.41) is 12.6. The third-order valence-electron chi connectivity index (χ3n) is 5.66. The van der Waals surface area contributed by atoms with Crippen LogP contribution in [0.4, 0.5) is 0 Å². The lowest BCUT2D eigenvalue weighted by Crippen LogP contribution is -2.27. The monoisotopic (exact) mass is 479 g/mol. The highest BCUT2D eigenvalue weighted by Gasteiger charge is 2.29. The van der Waals surface area contributed by atoms with Crippen LogP contribution in [0, 0.1) is 0 Å². The van der Waals surface area contributed by atoms with Crippen LogP contribution in [0.5, 0.6) is 0 Å². The maximum atomic E-state index is 6.06. The first-order valence-electron chi connectivity index (χ1n) is 10.5. The van der Waals surface area contributed by atoms with E-state index >= 15 is 0 Å². The van der Waals surface area contributed by atoms with Gasteiger partial charge in [-0.1, -0.05) is 24.8 Å². The Hall–Kier alpha value is -2.46. The van der Waals surface area contributed by atoms with Crippen LogP contribution in [0.1, 0.15) is 18.2 Å². The zero-order valence-corrected chi connectivity index (χ0v) is 20.2. The molecule has 6 heterocycles. The minimum atomic E-state index is 0.555. The first kappa shape index (κ1) is 20.2. The van der Waals surface area contributed by atoms with Gasteiger partial charge in [0, 0.05) is 53.4 Å². The second-order valence-electron chi connectivity index (χ2n) is 7.73. The Morgan fingerprint density at radius 1 is 1.19 bits per heavy atom. The molecule has 0 fully saturated rings. The summed E-state index contributed by atoms with van der Waals surface area (Å²) in [6, 6.07) is 8.43. The summed E-state index contributed by atoms with van der Waals surface area (Å²) >= 11 is 4.99. The zero-order chi connectivity index (χ0) is 21.7. The molecule has 0 amide bonds. The summed E-state index contributed by atoms with van der Waals surface area (Å²) in [6.45, 7) is 4.01. The highest BCUT2D eigenvalue weighted by molar-refractivity contribution is 7.99. The van der Waals surface area contributed by atoms with Crippen LogP contribution in [0.15, 0.2) is 51.7 Å². The SMILES string of the molecule is CCSc1nnc(-c2sc3nc4c(c(-c5cccs5)c3c2-n2cccc2)CN(C)CC4)o1. The van der Waals surface area contributed by atoms with Gasteiger partial charge in [0.05, 0.1) is 5.69 Å². The quantitative estimate of drug-likeness (QED) is 0.290. The van der Waals surface area contributed by atoms with E-state index in [0.29, 0.717) is 11.1 Å². The number of likely N-dealkylation sites (N-methyl/N-ethyl adjacent to an activating group) is 1. The van der Waals surface area contributed by atoms with Gasteiger partial charge >= 0.3 is 0 Å². The molecular weight excluding hydrogens is 458 g/mol. The summed E-state index contributed by atoms with van der Waals surface area (Å²) in [7, 11) is 2.18.